The molecule has 0 aliphatic heterocycles. The van der Waals surface area contributed by atoms with Crippen LogP contribution < -0.4 is 10.0 Å². The van der Waals surface area contributed by atoms with Crippen LogP contribution in [0.1, 0.15) is 12.5 Å². The molecule has 2 N–H and O–H groups in total. The van der Waals surface area contributed by atoms with Gasteiger partial charge >= 0.3 is 11.9 Å². The van der Waals surface area contributed by atoms with Crippen LogP contribution in [0.15, 0.2) is 47.4 Å². The Kier molecular flexibility index (Phi) is 6.59. The highest BCUT2D eigenvalue weighted by molar-refractivity contribution is 14.1. The van der Waals surface area contributed by atoms with Gasteiger partial charge in [-0.3, -0.25) is 9.52 Å². The van der Waals surface area contributed by atoms with Crippen LogP contribution in [0.3, 0.4) is 0 Å². The number of nitrogens with one attached hydrogen (secondary N) is 2. The summed E-state index contributed by atoms with van der Waals surface area (Å²) in [7, 11) is -3.98. The standard InChI is InChI=1S/C17H17IN2O5S/c1-3-25-17(22)16(21)19-14-9-4-11(2)10-15(14)26(23,24)20-13-7-5-12(18)6-8-13/h4-10,20H,3H2,1-2H3,(H,19,21). The van der Waals surface area contributed by atoms with Gasteiger partial charge in [0.25, 0.3) is 10.0 Å². The SMILES string of the molecule is CCOC(=O)C(=O)Nc1ccc(C)cc1S(=O)(=O)Nc1ccc(I)cc1. The number of esters is 1. The van der Waals surface area contributed by atoms with E-state index < -0.39 is 21.9 Å². The van der Waals surface area contributed by atoms with Gasteiger partial charge in [-0.05, 0) is 78.4 Å². The topological polar surface area (TPSA) is 102 Å². The van der Waals surface area contributed by atoms with Crippen LogP contribution >= 0.6 is 22.6 Å². The Morgan fingerprint density at radius 1 is 1.12 bits per heavy atom. The predicted octanol–water partition coefficient (Wildman–Crippen LogP) is 2.90. The monoisotopic (exact) mass is 488 g/mol. The van der Waals surface area contributed by atoms with Crippen LogP contribution in [-0.4, -0.2) is 26.9 Å². The predicted molar refractivity (Wildman–Crippen MR) is 106 cm³/mol. The highest BCUT2D eigenvalue weighted by atomic mass is 127. The summed E-state index contributed by atoms with van der Waals surface area (Å²) in [6.07, 6.45) is 0. The van der Waals surface area contributed by atoms with E-state index in [4.69, 9.17) is 0 Å². The third-order valence-electron chi connectivity index (χ3n) is 3.23. The number of ether oxygens (including phenoxy) is 1. The van der Waals surface area contributed by atoms with Crippen LogP contribution in [0.5, 0.6) is 0 Å². The fourth-order valence-electron chi connectivity index (χ4n) is 2.05. The average molecular weight is 488 g/mol. The molecule has 0 heterocycles. The summed E-state index contributed by atoms with van der Waals surface area (Å²) in [6, 6.07) is 11.3. The van der Waals surface area contributed by atoms with Crippen molar-refractivity contribution in [1.29, 1.82) is 0 Å². The minimum Gasteiger partial charge on any atom is -0.459 e. The number of anilines is 2. The average Bonchev–Trinajstić information content (AvgIpc) is 2.58. The third-order valence-corrected chi connectivity index (χ3v) is 5.37. The van der Waals surface area contributed by atoms with Gasteiger partial charge in [0.1, 0.15) is 4.90 Å². The molecule has 0 aliphatic carbocycles. The van der Waals surface area contributed by atoms with Crippen molar-refractivity contribution in [3.63, 3.8) is 0 Å². The fraction of sp³-hybridized carbons (Fsp3) is 0.176. The van der Waals surface area contributed by atoms with E-state index >= 15 is 0 Å². The number of sulfonamides is 1. The van der Waals surface area contributed by atoms with Crippen molar-refractivity contribution in [2.45, 2.75) is 18.7 Å². The normalized spacial score (nSPS) is 10.9. The summed E-state index contributed by atoms with van der Waals surface area (Å²) in [5, 5.41) is 2.29. The lowest BCUT2D eigenvalue weighted by Crippen LogP contribution is -2.26. The zero-order chi connectivity index (χ0) is 19.3. The quantitative estimate of drug-likeness (QED) is 0.383. The van der Waals surface area contributed by atoms with Crippen LogP contribution in [0.4, 0.5) is 11.4 Å². The highest BCUT2D eigenvalue weighted by Crippen LogP contribution is 2.25. The summed E-state index contributed by atoms with van der Waals surface area (Å²) < 4.78 is 33.5. The number of carbonyl (C=O) groups is 2. The zero-order valence-corrected chi connectivity index (χ0v) is 17.1. The second-order valence-electron chi connectivity index (χ2n) is 5.29. The van der Waals surface area contributed by atoms with Crippen LogP contribution in [0.25, 0.3) is 0 Å². The second kappa shape index (κ2) is 8.49. The van der Waals surface area contributed by atoms with E-state index in [1.54, 1.807) is 44.2 Å². The maximum absolute atomic E-state index is 12.8. The first kappa shape index (κ1) is 20.2. The van der Waals surface area contributed by atoms with E-state index in [1.165, 1.54) is 12.1 Å². The van der Waals surface area contributed by atoms with Crippen molar-refractivity contribution < 1.29 is 22.7 Å². The van der Waals surface area contributed by atoms with E-state index in [9.17, 15) is 18.0 Å². The molecule has 2 aromatic rings. The van der Waals surface area contributed by atoms with Gasteiger partial charge in [0.05, 0.1) is 12.3 Å². The van der Waals surface area contributed by atoms with Crippen molar-refractivity contribution in [2.24, 2.45) is 0 Å². The number of rotatable bonds is 5. The molecule has 26 heavy (non-hydrogen) atoms. The highest BCUT2D eigenvalue weighted by Gasteiger charge is 2.23. The van der Waals surface area contributed by atoms with Gasteiger partial charge in [-0.1, -0.05) is 6.07 Å². The lowest BCUT2D eigenvalue weighted by Gasteiger charge is -2.14. The number of benzene rings is 2. The Morgan fingerprint density at radius 3 is 2.38 bits per heavy atom. The smallest absolute Gasteiger partial charge is 0.397 e. The molecule has 0 atom stereocenters. The molecule has 0 radical (unpaired) electrons. The number of aryl methyl sites for hydroxylation is 1. The van der Waals surface area contributed by atoms with E-state index in [0.29, 0.717) is 11.3 Å². The Morgan fingerprint density at radius 2 is 1.77 bits per heavy atom. The Balaban J connectivity index is 2.34. The zero-order valence-electron chi connectivity index (χ0n) is 14.1. The van der Waals surface area contributed by atoms with Gasteiger partial charge in [-0.25, -0.2) is 13.2 Å². The van der Waals surface area contributed by atoms with Crippen LogP contribution in [-0.2, 0) is 24.3 Å². The van der Waals surface area contributed by atoms with Crippen LogP contribution in [0.2, 0.25) is 0 Å². The molecule has 0 aromatic heterocycles. The van der Waals surface area contributed by atoms with Crippen molar-refractivity contribution in [3.8, 4) is 0 Å². The summed E-state index contributed by atoms with van der Waals surface area (Å²) in [5.74, 6) is -2.12. The number of carbonyl (C=O) groups excluding carboxylic acids is 2. The molecule has 138 valence electrons. The molecule has 7 nitrogen and oxygen atoms in total. The maximum atomic E-state index is 12.8. The minimum atomic E-state index is -3.98. The van der Waals surface area contributed by atoms with E-state index in [1.807, 2.05) is 0 Å². The van der Waals surface area contributed by atoms with Gasteiger partial charge < -0.3 is 10.1 Å². The lowest BCUT2D eigenvalue weighted by molar-refractivity contribution is -0.152. The molecule has 0 aliphatic rings. The number of hydrogen-bond acceptors (Lipinski definition) is 5. The van der Waals surface area contributed by atoms with Crippen molar-refractivity contribution in [3.05, 3.63) is 51.6 Å². The molecule has 0 fully saturated rings. The number of hydrogen-bond donors (Lipinski definition) is 2. The summed E-state index contributed by atoms with van der Waals surface area (Å²) in [4.78, 5) is 23.2. The van der Waals surface area contributed by atoms with Gasteiger partial charge in [-0.2, -0.15) is 0 Å². The van der Waals surface area contributed by atoms with Gasteiger partial charge in [-0.15, -0.1) is 0 Å². The Labute approximate surface area is 165 Å². The largest absolute Gasteiger partial charge is 0.459 e. The summed E-state index contributed by atoms with van der Waals surface area (Å²) in [6.45, 7) is 3.33. The molecule has 0 unspecified atom stereocenters. The van der Waals surface area contributed by atoms with E-state index in [0.717, 1.165) is 3.57 Å². The Bertz CT molecular complexity index is 927. The molecule has 1 amide bonds. The van der Waals surface area contributed by atoms with E-state index in [2.05, 4.69) is 37.4 Å². The van der Waals surface area contributed by atoms with Gasteiger partial charge in [0.2, 0.25) is 0 Å². The fourth-order valence-corrected chi connectivity index (χ4v) is 3.72. The number of halogens is 1. The molecular weight excluding hydrogens is 471 g/mol. The first-order valence-corrected chi connectivity index (χ1v) is 10.2. The first-order valence-electron chi connectivity index (χ1n) is 7.60. The van der Waals surface area contributed by atoms with Crippen molar-refractivity contribution in [2.75, 3.05) is 16.6 Å². The number of amides is 1. The van der Waals surface area contributed by atoms with Gasteiger partial charge in [0, 0.05) is 9.26 Å². The Hall–Kier alpha value is -2.14. The molecule has 9 heteroatoms. The lowest BCUT2D eigenvalue weighted by atomic mass is 10.2. The van der Waals surface area contributed by atoms with Crippen LogP contribution in [0, 0.1) is 10.5 Å². The van der Waals surface area contributed by atoms with Gasteiger partial charge in [0.15, 0.2) is 0 Å². The molecule has 0 spiro atoms. The molecule has 0 bridgehead atoms. The summed E-state index contributed by atoms with van der Waals surface area (Å²) >= 11 is 2.11. The molecule has 0 saturated carbocycles. The molecule has 2 aromatic carbocycles. The molecular formula is C17H17IN2O5S. The molecule has 2 rings (SSSR count). The second-order valence-corrected chi connectivity index (χ2v) is 8.18. The maximum Gasteiger partial charge on any atom is 0.397 e. The third kappa shape index (κ3) is 5.18. The minimum absolute atomic E-state index is 0.00772. The van der Waals surface area contributed by atoms with Crippen molar-refractivity contribution >= 4 is 55.9 Å². The molecule has 0 saturated heterocycles. The summed E-state index contributed by atoms with van der Waals surface area (Å²) in [5.41, 5.74) is 1.06. The first-order chi connectivity index (χ1) is 12.2. The van der Waals surface area contributed by atoms with E-state index in [-0.39, 0.29) is 17.2 Å². The van der Waals surface area contributed by atoms with Crippen molar-refractivity contribution in [1.82, 2.24) is 0 Å².